The van der Waals surface area contributed by atoms with E-state index in [-0.39, 0.29) is 0 Å². The maximum atomic E-state index is 4.20. The van der Waals surface area contributed by atoms with Gasteiger partial charge in [-0.15, -0.1) is 0 Å². The summed E-state index contributed by atoms with van der Waals surface area (Å²) in [5, 5.41) is 4.20. The Balaban J connectivity index is 2.74. The quantitative estimate of drug-likeness (QED) is 0.578. The van der Waals surface area contributed by atoms with Gasteiger partial charge in [-0.1, -0.05) is 0 Å². The molecule has 1 heterocycles. The van der Waals surface area contributed by atoms with Crippen LogP contribution < -0.4 is 5.73 Å². The van der Waals surface area contributed by atoms with E-state index in [9.17, 15) is 0 Å². The van der Waals surface area contributed by atoms with Gasteiger partial charge in [-0.05, 0) is 13.0 Å². The summed E-state index contributed by atoms with van der Waals surface area (Å²) in [7, 11) is 0. The van der Waals surface area contributed by atoms with Crippen LogP contribution in [0.15, 0.2) is 12.3 Å². The molecule has 0 unspecified atom stereocenters. The normalized spacial score (nSPS) is 10.0. The monoisotopic (exact) mass is 126 g/mol. The first kappa shape index (κ1) is 6.29. The second-order valence-electron chi connectivity index (χ2n) is 1.91. The number of aromatic nitrogens is 2. The van der Waals surface area contributed by atoms with Crippen LogP contribution in [-0.2, 0) is 13.1 Å². The van der Waals surface area contributed by atoms with Gasteiger partial charge in [-0.3, -0.25) is 4.68 Å². The number of aryl methyl sites for hydroxylation is 1. The molecule has 0 radical (unpaired) electrons. The van der Waals surface area contributed by atoms with E-state index in [0.29, 0.717) is 0 Å². The smallest absolute Gasteiger partial charge is 0.119 e. The van der Waals surface area contributed by atoms with E-state index < -0.39 is 0 Å². The van der Waals surface area contributed by atoms with Crippen molar-refractivity contribution in [2.75, 3.05) is 0 Å². The SMILES string of the molecule is CCn1ccc(C[NH3+])n1. The molecule has 50 valence electrons. The van der Waals surface area contributed by atoms with Gasteiger partial charge in [0.15, 0.2) is 0 Å². The lowest BCUT2D eigenvalue weighted by Crippen LogP contribution is -2.47. The highest BCUT2D eigenvalue weighted by Gasteiger charge is 1.93. The first-order valence-corrected chi connectivity index (χ1v) is 3.18. The predicted molar refractivity (Wildman–Crippen MR) is 34.5 cm³/mol. The summed E-state index contributed by atoms with van der Waals surface area (Å²) in [6.07, 6.45) is 1.97. The molecule has 1 rings (SSSR count). The third-order valence-electron chi connectivity index (χ3n) is 1.28. The molecule has 3 N–H and O–H groups in total. The predicted octanol–water partition coefficient (Wildman–Crippen LogP) is -0.355. The van der Waals surface area contributed by atoms with Crippen LogP contribution in [0.5, 0.6) is 0 Å². The molecule has 3 heteroatoms. The summed E-state index contributed by atoms with van der Waals surface area (Å²) in [6, 6.07) is 2.00. The topological polar surface area (TPSA) is 45.5 Å². The van der Waals surface area contributed by atoms with E-state index in [0.717, 1.165) is 18.8 Å². The molecule has 0 saturated carbocycles. The fourth-order valence-corrected chi connectivity index (χ4v) is 0.713. The van der Waals surface area contributed by atoms with Gasteiger partial charge >= 0.3 is 0 Å². The van der Waals surface area contributed by atoms with E-state index in [2.05, 4.69) is 17.8 Å². The molecule has 1 aromatic rings. The number of hydrogen-bond acceptors (Lipinski definition) is 1. The molecular formula is C6H12N3+. The zero-order chi connectivity index (χ0) is 6.69. The Morgan fingerprint density at radius 3 is 2.89 bits per heavy atom. The van der Waals surface area contributed by atoms with Crippen LogP contribution in [0, 0.1) is 0 Å². The van der Waals surface area contributed by atoms with Crippen molar-refractivity contribution >= 4 is 0 Å². The van der Waals surface area contributed by atoms with Gasteiger partial charge in [0.1, 0.15) is 12.2 Å². The van der Waals surface area contributed by atoms with Crippen molar-refractivity contribution in [1.29, 1.82) is 0 Å². The summed E-state index contributed by atoms with van der Waals surface area (Å²) in [6.45, 7) is 3.80. The number of hydrogen-bond donors (Lipinski definition) is 1. The first-order valence-electron chi connectivity index (χ1n) is 3.18. The summed E-state index contributed by atoms with van der Waals surface area (Å²) in [5.41, 5.74) is 4.79. The van der Waals surface area contributed by atoms with E-state index in [1.165, 1.54) is 0 Å². The van der Waals surface area contributed by atoms with Gasteiger partial charge in [0, 0.05) is 12.7 Å². The molecule has 0 aromatic carbocycles. The summed E-state index contributed by atoms with van der Waals surface area (Å²) in [5.74, 6) is 0. The third-order valence-corrected chi connectivity index (χ3v) is 1.28. The molecule has 1 aromatic heterocycles. The van der Waals surface area contributed by atoms with Crippen molar-refractivity contribution < 1.29 is 5.73 Å². The highest BCUT2D eigenvalue weighted by atomic mass is 15.3. The van der Waals surface area contributed by atoms with Gasteiger partial charge < -0.3 is 5.73 Å². The van der Waals surface area contributed by atoms with Gasteiger partial charge in [0.25, 0.3) is 0 Å². The Bertz CT molecular complexity index is 162. The lowest BCUT2D eigenvalue weighted by molar-refractivity contribution is -0.387. The molecule has 0 fully saturated rings. The minimum atomic E-state index is 0.785. The second kappa shape index (κ2) is 2.64. The fraction of sp³-hybridized carbons (Fsp3) is 0.500. The molecular weight excluding hydrogens is 114 g/mol. The molecule has 3 nitrogen and oxygen atoms in total. The van der Waals surface area contributed by atoms with Gasteiger partial charge in [0.2, 0.25) is 0 Å². The summed E-state index contributed by atoms with van der Waals surface area (Å²) >= 11 is 0. The fourth-order valence-electron chi connectivity index (χ4n) is 0.713. The number of nitrogens with zero attached hydrogens (tertiary/aromatic N) is 2. The summed E-state index contributed by atoms with van der Waals surface area (Å²) in [4.78, 5) is 0. The van der Waals surface area contributed by atoms with E-state index in [4.69, 9.17) is 0 Å². The van der Waals surface area contributed by atoms with Gasteiger partial charge in [-0.25, -0.2) is 0 Å². The van der Waals surface area contributed by atoms with Crippen LogP contribution in [-0.4, -0.2) is 9.78 Å². The van der Waals surface area contributed by atoms with E-state index in [1.54, 1.807) is 0 Å². The Morgan fingerprint density at radius 1 is 1.78 bits per heavy atom. The third kappa shape index (κ3) is 1.29. The van der Waals surface area contributed by atoms with E-state index in [1.807, 2.05) is 16.9 Å². The molecule has 0 amide bonds. The number of rotatable bonds is 2. The highest BCUT2D eigenvalue weighted by molar-refractivity contribution is 4.95. The van der Waals surface area contributed by atoms with Crippen LogP contribution in [0.3, 0.4) is 0 Å². The number of quaternary nitrogens is 1. The highest BCUT2D eigenvalue weighted by Crippen LogP contribution is 1.91. The minimum Gasteiger partial charge on any atom is -0.352 e. The molecule has 0 atom stereocenters. The standard InChI is InChI=1S/C6H11N3/c1-2-9-4-3-6(5-7)8-9/h3-4H,2,5,7H2,1H3/p+1. The van der Waals surface area contributed by atoms with Crippen LogP contribution in [0.4, 0.5) is 0 Å². The molecule has 9 heavy (non-hydrogen) atoms. The molecule has 0 spiro atoms. The lowest BCUT2D eigenvalue weighted by Gasteiger charge is -1.89. The second-order valence-corrected chi connectivity index (χ2v) is 1.91. The Hall–Kier alpha value is -0.830. The Morgan fingerprint density at radius 2 is 2.56 bits per heavy atom. The maximum Gasteiger partial charge on any atom is 0.119 e. The van der Waals surface area contributed by atoms with Crippen LogP contribution in [0.2, 0.25) is 0 Å². The molecule has 0 saturated heterocycles. The van der Waals surface area contributed by atoms with Crippen molar-refractivity contribution in [1.82, 2.24) is 9.78 Å². The Labute approximate surface area is 54.5 Å². The van der Waals surface area contributed by atoms with Crippen molar-refractivity contribution in [2.24, 2.45) is 0 Å². The average molecular weight is 126 g/mol. The average Bonchev–Trinajstić information content (AvgIpc) is 2.34. The van der Waals surface area contributed by atoms with Gasteiger partial charge in [-0.2, -0.15) is 5.10 Å². The van der Waals surface area contributed by atoms with Crippen molar-refractivity contribution in [3.05, 3.63) is 18.0 Å². The molecule has 0 aliphatic rings. The van der Waals surface area contributed by atoms with Gasteiger partial charge in [0.05, 0.1) is 0 Å². The van der Waals surface area contributed by atoms with Crippen molar-refractivity contribution in [3.8, 4) is 0 Å². The lowest BCUT2D eigenvalue weighted by atomic mass is 10.4. The summed E-state index contributed by atoms with van der Waals surface area (Å²) < 4.78 is 1.90. The van der Waals surface area contributed by atoms with Crippen LogP contribution in [0.1, 0.15) is 12.6 Å². The van der Waals surface area contributed by atoms with Crippen molar-refractivity contribution in [2.45, 2.75) is 20.0 Å². The minimum absolute atomic E-state index is 0.785. The van der Waals surface area contributed by atoms with Crippen molar-refractivity contribution in [3.63, 3.8) is 0 Å². The zero-order valence-corrected chi connectivity index (χ0v) is 5.67. The molecule has 0 aliphatic carbocycles. The molecule has 0 aliphatic heterocycles. The van der Waals surface area contributed by atoms with E-state index >= 15 is 0 Å². The van der Waals surface area contributed by atoms with Crippen LogP contribution in [0.25, 0.3) is 0 Å². The molecule has 0 bridgehead atoms. The Kier molecular flexibility index (Phi) is 1.85. The maximum absolute atomic E-state index is 4.20. The largest absolute Gasteiger partial charge is 0.352 e. The van der Waals surface area contributed by atoms with Crippen LogP contribution >= 0.6 is 0 Å². The zero-order valence-electron chi connectivity index (χ0n) is 5.67. The first-order chi connectivity index (χ1) is 4.36.